The van der Waals surface area contributed by atoms with Crippen LogP contribution < -0.4 is 5.56 Å². The van der Waals surface area contributed by atoms with E-state index in [0.717, 1.165) is 5.56 Å². The Morgan fingerprint density at radius 2 is 2.00 bits per heavy atom. The van der Waals surface area contributed by atoms with E-state index in [9.17, 15) is 9.59 Å². The van der Waals surface area contributed by atoms with Crippen molar-refractivity contribution in [2.24, 2.45) is 4.99 Å². The number of carbonyl (C=O) groups excluding carboxylic acids is 1. The lowest BCUT2D eigenvalue weighted by atomic mass is 9.97. The van der Waals surface area contributed by atoms with Gasteiger partial charge in [0.05, 0.1) is 5.56 Å². The van der Waals surface area contributed by atoms with Crippen LogP contribution in [0.5, 0.6) is 0 Å². The Kier molecular flexibility index (Phi) is 2.58. The van der Waals surface area contributed by atoms with Crippen LogP contribution in [0.2, 0.25) is 0 Å². The lowest BCUT2D eigenvalue weighted by Crippen LogP contribution is -2.12. The molecule has 1 aromatic carbocycles. The number of nitrogens with zero attached hydrogens (tertiary/aromatic N) is 2. The third kappa shape index (κ3) is 1.75. The minimum atomic E-state index is -0.425. The molecular weight excluding hydrogens is 254 g/mol. The van der Waals surface area contributed by atoms with Crippen LogP contribution in [-0.4, -0.2) is 17.1 Å². The summed E-state index contributed by atoms with van der Waals surface area (Å²) in [5.74, 6) is -0.304. The first kappa shape index (κ1) is 12.1. The van der Waals surface area contributed by atoms with Crippen LogP contribution in [0.3, 0.4) is 0 Å². The number of aromatic amines is 1. The molecule has 3 rings (SSSR count). The van der Waals surface area contributed by atoms with E-state index in [1.54, 1.807) is 31.2 Å². The number of amides is 1. The topological polar surface area (TPSA) is 86.1 Å². The van der Waals surface area contributed by atoms with E-state index in [-0.39, 0.29) is 11.5 Å². The lowest BCUT2D eigenvalue weighted by Gasteiger charge is -2.06. The molecule has 20 heavy (non-hydrogen) atoms. The first-order chi connectivity index (χ1) is 9.60. The molecule has 1 amide bonds. The quantitative estimate of drug-likeness (QED) is 0.851. The minimum absolute atomic E-state index is 0.0434. The summed E-state index contributed by atoms with van der Waals surface area (Å²) in [4.78, 5) is 29.7. The van der Waals surface area contributed by atoms with Crippen LogP contribution in [-0.2, 0) is 0 Å². The smallest absolute Gasteiger partial charge is 0.277 e. The summed E-state index contributed by atoms with van der Waals surface area (Å²) in [6, 6.07) is 8.84. The molecule has 1 aliphatic heterocycles. The first-order valence-corrected chi connectivity index (χ1v) is 5.97. The molecule has 0 saturated carbocycles. The van der Waals surface area contributed by atoms with Gasteiger partial charge in [0.25, 0.3) is 11.5 Å². The summed E-state index contributed by atoms with van der Waals surface area (Å²) >= 11 is 0. The van der Waals surface area contributed by atoms with E-state index < -0.39 is 5.56 Å². The molecule has 0 fully saturated rings. The van der Waals surface area contributed by atoms with Gasteiger partial charge in [-0.05, 0) is 24.6 Å². The SMILES string of the molecule is Cc1cc(-c2ccc3c(c2)C(=O)N=C3)c(C#N)c(=O)[nH]1. The number of H-pyrrole nitrogens is 1. The molecule has 1 N–H and O–H groups in total. The van der Waals surface area contributed by atoms with Gasteiger partial charge in [0.1, 0.15) is 11.6 Å². The highest BCUT2D eigenvalue weighted by Gasteiger charge is 2.18. The lowest BCUT2D eigenvalue weighted by molar-refractivity contribution is 0.101. The van der Waals surface area contributed by atoms with E-state index in [4.69, 9.17) is 5.26 Å². The predicted octanol–water partition coefficient (Wildman–Crippen LogP) is 1.79. The molecule has 0 bridgehead atoms. The largest absolute Gasteiger partial charge is 0.325 e. The molecule has 2 aromatic rings. The number of fused-ring (bicyclic) bond motifs is 1. The van der Waals surface area contributed by atoms with Crippen molar-refractivity contribution in [2.75, 3.05) is 0 Å². The predicted molar refractivity (Wildman–Crippen MR) is 73.9 cm³/mol. The van der Waals surface area contributed by atoms with Crippen molar-refractivity contribution in [1.82, 2.24) is 4.98 Å². The normalized spacial score (nSPS) is 12.3. The number of hydrogen-bond acceptors (Lipinski definition) is 3. The van der Waals surface area contributed by atoms with Crippen molar-refractivity contribution < 1.29 is 4.79 Å². The maximum atomic E-state index is 11.8. The van der Waals surface area contributed by atoms with Gasteiger partial charge in [0.2, 0.25) is 0 Å². The molecule has 5 heteroatoms. The van der Waals surface area contributed by atoms with Gasteiger partial charge in [-0.3, -0.25) is 9.59 Å². The summed E-state index contributed by atoms with van der Waals surface area (Å²) in [6.07, 6.45) is 1.51. The van der Waals surface area contributed by atoms with Crippen molar-refractivity contribution in [3.8, 4) is 17.2 Å². The number of benzene rings is 1. The number of aromatic nitrogens is 1. The molecule has 96 valence electrons. The number of nitrogens with one attached hydrogen (secondary N) is 1. The maximum absolute atomic E-state index is 11.8. The van der Waals surface area contributed by atoms with Crippen molar-refractivity contribution in [2.45, 2.75) is 6.92 Å². The fourth-order valence-corrected chi connectivity index (χ4v) is 2.25. The van der Waals surface area contributed by atoms with Crippen LogP contribution >= 0.6 is 0 Å². The number of aliphatic imine (C=N–C) groups is 1. The Labute approximate surface area is 114 Å². The molecule has 5 nitrogen and oxygen atoms in total. The Balaban J connectivity index is 2.26. The zero-order valence-corrected chi connectivity index (χ0v) is 10.6. The van der Waals surface area contributed by atoms with E-state index in [0.29, 0.717) is 22.4 Å². The minimum Gasteiger partial charge on any atom is -0.325 e. The monoisotopic (exact) mass is 263 g/mol. The highest BCUT2D eigenvalue weighted by atomic mass is 16.1. The van der Waals surface area contributed by atoms with E-state index in [1.165, 1.54) is 6.21 Å². The zero-order valence-electron chi connectivity index (χ0n) is 10.6. The van der Waals surface area contributed by atoms with Crippen LogP contribution in [0.15, 0.2) is 34.1 Å². The average Bonchev–Trinajstić information content (AvgIpc) is 2.79. The Bertz CT molecular complexity index is 870. The van der Waals surface area contributed by atoms with Gasteiger partial charge in [-0.15, -0.1) is 0 Å². The highest BCUT2D eigenvalue weighted by molar-refractivity contribution is 6.13. The second-order valence-corrected chi connectivity index (χ2v) is 4.55. The summed E-state index contributed by atoms with van der Waals surface area (Å²) in [5.41, 5.74) is 2.70. The Hall–Kier alpha value is -3.00. The molecule has 0 atom stereocenters. The second-order valence-electron chi connectivity index (χ2n) is 4.55. The number of aryl methyl sites for hydroxylation is 1. The third-order valence-corrected chi connectivity index (χ3v) is 3.20. The highest BCUT2D eigenvalue weighted by Crippen LogP contribution is 2.26. The molecule has 0 aliphatic carbocycles. The standard InChI is InChI=1S/C15H9N3O2/c1-8-4-11(13(6-16)15(20)18-8)9-2-3-10-7-17-14(19)12(10)5-9/h2-5,7H,1H3,(H,18,20). The van der Waals surface area contributed by atoms with Gasteiger partial charge < -0.3 is 4.98 Å². The maximum Gasteiger partial charge on any atom is 0.277 e. The van der Waals surface area contributed by atoms with Gasteiger partial charge in [0.15, 0.2) is 0 Å². The van der Waals surface area contributed by atoms with E-state index >= 15 is 0 Å². The van der Waals surface area contributed by atoms with E-state index in [2.05, 4.69) is 9.98 Å². The van der Waals surface area contributed by atoms with E-state index in [1.807, 2.05) is 6.07 Å². The van der Waals surface area contributed by atoms with Crippen LogP contribution in [0.25, 0.3) is 11.1 Å². The first-order valence-electron chi connectivity index (χ1n) is 5.97. The van der Waals surface area contributed by atoms with Gasteiger partial charge in [-0.25, -0.2) is 4.99 Å². The molecule has 1 aliphatic rings. The van der Waals surface area contributed by atoms with Gasteiger partial charge >= 0.3 is 0 Å². The molecule has 2 heterocycles. The Morgan fingerprint density at radius 3 is 2.75 bits per heavy atom. The van der Waals surface area contributed by atoms with Gasteiger partial charge in [0, 0.05) is 23.0 Å². The Morgan fingerprint density at radius 1 is 1.20 bits per heavy atom. The van der Waals surface area contributed by atoms with Crippen LogP contribution in [0, 0.1) is 18.3 Å². The number of pyridine rings is 1. The van der Waals surface area contributed by atoms with Crippen LogP contribution in [0.4, 0.5) is 0 Å². The molecule has 0 unspecified atom stereocenters. The van der Waals surface area contributed by atoms with Gasteiger partial charge in [-0.2, -0.15) is 5.26 Å². The zero-order chi connectivity index (χ0) is 14.3. The summed E-state index contributed by atoms with van der Waals surface area (Å²) in [7, 11) is 0. The number of hydrogen-bond donors (Lipinski definition) is 1. The van der Waals surface area contributed by atoms with Crippen molar-refractivity contribution in [1.29, 1.82) is 5.26 Å². The third-order valence-electron chi connectivity index (χ3n) is 3.20. The molecule has 0 spiro atoms. The van der Waals surface area contributed by atoms with Crippen LogP contribution in [0.1, 0.15) is 27.2 Å². The number of nitriles is 1. The summed E-state index contributed by atoms with van der Waals surface area (Å²) in [5, 5.41) is 9.14. The molecule has 0 saturated heterocycles. The van der Waals surface area contributed by atoms with Crippen molar-refractivity contribution in [3.05, 3.63) is 57.0 Å². The molecule has 0 radical (unpaired) electrons. The fraction of sp³-hybridized carbons (Fsp3) is 0.0667. The van der Waals surface area contributed by atoms with Crippen molar-refractivity contribution in [3.63, 3.8) is 0 Å². The molecule has 1 aromatic heterocycles. The summed E-state index contributed by atoms with van der Waals surface area (Å²) < 4.78 is 0. The molecular formula is C15H9N3O2. The summed E-state index contributed by atoms with van der Waals surface area (Å²) in [6.45, 7) is 1.74. The fourth-order valence-electron chi connectivity index (χ4n) is 2.25. The van der Waals surface area contributed by atoms with Gasteiger partial charge in [-0.1, -0.05) is 12.1 Å². The van der Waals surface area contributed by atoms with Crippen molar-refractivity contribution >= 4 is 12.1 Å². The second kappa shape index (κ2) is 4.28. The number of carbonyl (C=O) groups is 1. The average molecular weight is 263 g/mol. The number of rotatable bonds is 1.